The Morgan fingerprint density at radius 3 is 2.45 bits per heavy atom. The van der Waals surface area contributed by atoms with Crippen LogP contribution in [0, 0.1) is 11.0 Å². The fraction of sp³-hybridized carbons (Fsp3) is 0.167. The Morgan fingerprint density at radius 1 is 1.00 bits per heavy atom. The summed E-state index contributed by atoms with van der Waals surface area (Å²) in [5.41, 5.74) is -0.445. The molecule has 0 N–H and O–H groups in total. The van der Waals surface area contributed by atoms with Gasteiger partial charge in [0, 0.05) is 11.5 Å². The van der Waals surface area contributed by atoms with Crippen LogP contribution in [0.15, 0.2) is 48.8 Å². The highest BCUT2D eigenvalue weighted by atomic mass is 19.4. The van der Waals surface area contributed by atoms with Crippen molar-refractivity contribution in [3.05, 3.63) is 59.8 Å². The first kappa shape index (κ1) is 19.0. The van der Waals surface area contributed by atoms with Crippen molar-refractivity contribution in [3.8, 4) is 11.4 Å². The Morgan fingerprint density at radius 2 is 1.72 bits per heavy atom. The van der Waals surface area contributed by atoms with Gasteiger partial charge in [-0.05, 0) is 18.2 Å². The van der Waals surface area contributed by atoms with E-state index in [2.05, 4.69) is 10.1 Å². The van der Waals surface area contributed by atoms with Crippen LogP contribution < -0.4 is 4.73 Å². The van der Waals surface area contributed by atoms with E-state index in [1.165, 1.54) is 12.1 Å². The zero-order valence-electron chi connectivity index (χ0n) is 14.3. The lowest BCUT2D eigenvalue weighted by Gasteiger charge is -2.19. The van der Waals surface area contributed by atoms with E-state index >= 15 is 0 Å². The first-order chi connectivity index (χ1) is 13.6. The average Bonchev–Trinajstić information content (AvgIpc) is 3.02. The third kappa shape index (κ3) is 3.12. The molecule has 0 aliphatic heterocycles. The van der Waals surface area contributed by atoms with Gasteiger partial charge in [-0.2, -0.15) is 36.2 Å². The number of halogens is 6. The fourth-order valence-corrected chi connectivity index (χ4v) is 2.95. The first-order valence-corrected chi connectivity index (χ1v) is 8.16. The van der Waals surface area contributed by atoms with E-state index < -0.39 is 30.2 Å². The smallest absolute Gasteiger partial charge is 0.455 e. The normalized spacial score (nSPS) is 12.8. The molecular weight excluding hydrogens is 402 g/mol. The molecule has 0 amide bonds. The molecular formula is C18H10F6N4O. The van der Waals surface area contributed by atoms with Crippen molar-refractivity contribution >= 4 is 21.8 Å². The van der Waals surface area contributed by atoms with E-state index in [9.17, 15) is 31.5 Å². The van der Waals surface area contributed by atoms with Crippen LogP contribution in [0.25, 0.3) is 33.2 Å². The molecule has 0 bridgehead atoms. The van der Waals surface area contributed by atoms with E-state index in [-0.39, 0.29) is 22.1 Å². The van der Waals surface area contributed by atoms with E-state index in [1.54, 1.807) is 18.2 Å². The largest absolute Gasteiger partial charge is 0.618 e. The molecule has 0 radical (unpaired) electrons. The molecule has 4 rings (SSSR count). The highest BCUT2D eigenvalue weighted by Gasteiger charge is 2.57. The third-order valence-corrected chi connectivity index (χ3v) is 4.40. The Hall–Kier alpha value is -3.37. The maximum Gasteiger partial charge on any atom is 0.455 e. The molecule has 0 atom stereocenters. The van der Waals surface area contributed by atoms with Crippen LogP contribution in [0.3, 0.4) is 0 Å². The lowest BCUT2D eigenvalue weighted by molar-refractivity contribution is -0.566. The van der Waals surface area contributed by atoms with Gasteiger partial charge >= 0.3 is 12.1 Å². The van der Waals surface area contributed by atoms with Gasteiger partial charge in [0.25, 0.3) is 5.69 Å². The van der Waals surface area contributed by atoms with Gasteiger partial charge < -0.3 is 5.21 Å². The monoisotopic (exact) mass is 412 g/mol. The van der Waals surface area contributed by atoms with Crippen molar-refractivity contribution < 1.29 is 31.1 Å². The number of aromatic nitrogens is 4. The Balaban J connectivity index is 1.80. The van der Waals surface area contributed by atoms with Gasteiger partial charge in [-0.15, -0.1) is 0 Å². The molecule has 3 aromatic heterocycles. The van der Waals surface area contributed by atoms with E-state index in [4.69, 9.17) is 0 Å². The van der Waals surface area contributed by atoms with Gasteiger partial charge in [-0.1, -0.05) is 12.1 Å². The molecule has 4 aromatic rings. The van der Waals surface area contributed by atoms with Crippen LogP contribution in [0.1, 0.15) is 0 Å². The first-order valence-electron chi connectivity index (χ1n) is 8.16. The van der Waals surface area contributed by atoms with Crippen LogP contribution in [0.5, 0.6) is 0 Å². The third-order valence-electron chi connectivity index (χ3n) is 4.40. The molecule has 0 unspecified atom stereocenters. The zero-order valence-corrected chi connectivity index (χ0v) is 14.3. The fourth-order valence-electron chi connectivity index (χ4n) is 2.95. The second-order valence-electron chi connectivity index (χ2n) is 6.33. The van der Waals surface area contributed by atoms with Gasteiger partial charge in [0.15, 0.2) is 5.82 Å². The van der Waals surface area contributed by atoms with E-state index in [1.807, 2.05) is 0 Å². The molecule has 0 aliphatic rings. The number of pyridine rings is 2. The molecule has 5 nitrogen and oxygen atoms in total. The van der Waals surface area contributed by atoms with E-state index in [0.717, 1.165) is 18.5 Å². The number of hydrogen-bond acceptors (Lipinski definition) is 3. The average molecular weight is 412 g/mol. The molecule has 0 saturated heterocycles. The predicted molar refractivity (Wildman–Crippen MR) is 90.4 cm³/mol. The van der Waals surface area contributed by atoms with Crippen LogP contribution in [0.2, 0.25) is 0 Å². The molecule has 0 saturated carbocycles. The predicted octanol–water partition coefficient (Wildman–Crippen LogP) is 4.22. The summed E-state index contributed by atoms with van der Waals surface area (Å²) in [6.45, 7) is -1.73. The topological polar surface area (TPSA) is 57.6 Å². The molecule has 0 aliphatic carbocycles. The number of hydrogen-bond donors (Lipinski definition) is 0. The van der Waals surface area contributed by atoms with Crippen molar-refractivity contribution in [2.75, 3.05) is 0 Å². The van der Waals surface area contributed by atoms with Crippen LogP contribution in [-0.4, -0.2) is 26.9 Å². The summed E-state index contributed by atoms with van der Waals surface area (Å²) in [6, 6.07) is 8.63. The van der Waals surface area contributed by atoms with Crippen molar-refractivity contribution in [1.29, 1.82) is 0 Å². The molecule has 3 heterocycles. The maximum atomic E-state index is 14.5. The van der Waals surface area contributed by atoms with Crippen molar-refractivity contribution in [2.24, 2.45) is 0 Å². The standard InChI is InChI=1S/C18H10F6N4O/c19-12-5-10-3-1-2-4-14(10)28(29)16(12)13-6-11-7-26-27(15(11)8-25-13)9-17(20,21)18(22,23)24/h1-8H,9H2. The quantitative estimate of drug-likeness (QED) is 0.288. The van der Waals surface area contributed by atoms with Crippen LogP contribution >= 0.6 is 0 Å². The molecule has 150 valence electrons. The Labute approximate surface area is 158 Å². The zero-order chi connectivity index (χ0) is 21.0. The molecule has 11 heteroatoms. The van der Waals surface area contributed by atoms with Crippen molar-refractivity contribution in [3.63, 3.8) is 0 Å². The summed E-state index contributed by atoms with van der Waals surface area (Å²) in [6.07, 6.45) is -3.72. The Kier molecular flexibility index (Phi) is 4.14. The summed E-state index contributed by atoms with van der Waals surface area (Å²) in [4.78, 5) is 3.88. The number of benzene rings is 1. The molecule has 0 fully saturated rings. The number of para-hydroxylation sites is 1. The summed E-state index contributed by atoms with van der Waals surface area (Å²) in [5.74, 6) is -5.85. The second-order valence-corrected chi connectivity index (χ2v) is 6.33. The van der Waals surface area contributed by atoms with Gasteiger partial charge in [0.2, 0.25) is 5.52 Å². The highest BCUT2D eigenvalue weighted by Crippen LogP contribution is 2.37. The van der Waals surface area contributed by atoms with Crippen molar-refractivity contribution in [1.82, 2.24) is 14.8 Å². The second kappa shape index (κ2) is 6.33. The van der Waals surface area contributed by atoms with Gasteiger partial charge in [0.05, 0.1) is 23.3 Å². The SMILES string of the molecule is [O-][n+]1c(-c2cc3cnn(CC(F)(F)C(F)(F)F)c3cn2)c(F)cc2ccccc21. The van der Waals surface area contributed by atoms with Gasteiger partial charge in [0.1, 0.15) is 12.2 Å². The van der Waals surface area contributed by atoms with Crippen molar-refractivity contribution in [2.45, 2.75) is 18.6 Å². The lowest BCUT2D eigenvalue weighted by Crippen LogP contribution is -2.40. The summed E-state index contributed by atoms with van der Waals surface area (Å²) in [5, 5.41) is 16.6. The number of nitrogens with zero attached hydrogens (tertiary/aromatic N) is 4. The summed E-state index contributed by atoms with van der Waals surface area (Å²) < 4.78 is 79.3. The maximum absolute atomic E-state index is 14.5. The summed E-state index contributed by atoms with van der Waals surface area (Å²) in [7, 11) is 0. The number of alkyl halides is 5. The van der Waals surface area contributed by atoms with Gasteiger partial charge in [-0.3, -0.25) is 4.68 Å². The number of rotatable bonds is 3. The minimum atomic E-state index is -5.74. The number of fused-ring (bicyclic) bond motifs is 2. The highest BCUT2D eigenvalue weighted by molar-refractivity contribution is 5.82. The molecule has 29 heavy (non-hydrogen) atoms. The Bertz CT molecular complexity index is 1230. The van der Waals surface area contributed by atoms with Gasteiger partial charge in [-0.25, -0.2) is 4.98 Å². The molecule has 0 spiro atoms. The molecule has 1 aromatic carbocycles. The minimum Gasteiger partial charge on any atom is -0.618 e. The van der Waals surface area contributed by atoms with Crippen LogP contribution in [-0.2, 0) is 6.54 Å². The lowest BCUT2D eigenvalue weighted by atomic mass is 10.1. The van der Waals surface area contributed by atoms with Crippen LogP contribution in [0.4, 0.5) is 26.3 Å². The summed E-state index contributed by atoms with van der Waals surface area (Å²) >= 11 is 0. The van der Waals surface area contributed by atoms with E-state index in [0.29, 0.717) is 14.8 Å². The minimum absolute atomic E-state index is 0.113.